The van der Waals surface area contributed by atoms with E-state index in [-0.39, 0.29) is 17.8 Å². The fourth-order valence-electron chi connectivity index (χ4n) is 1.80. The van der Waals surface area contributed by atoms with Gasteiger partial charge in [0.25, 0.3) is 5.91 Å². The Hall–Kier alpha value is -2.37. The zero-order chi connectivity index (χ0) is 13.1. The second kappa shape index (κ2) is 4.87. The number of anilines is 1. The number of para-hydroxylation sites is 1. The Morgan fingerprint density at radius 1 is 1.44 bits per heavy atom. The molecule has 4 N–H and O–H groups in total. The first-order chi connectivity index (χ1) is 8.59. The molecule has 1 aliphatic heterocycles. The van der Waals surface area contributed by atoms with Gasteiger partial charge in [0.05, 0.1) is 5.69 Å². The van der Waals surface area contributed by atoms with Crippen molar-refractivity contribution in [2.45, 2.75) is 13.0 Å². The van der Waals surface area contributed by atoms with Crippen molar-refractivity contribution in [1.29, 1.82) is 5.41 Å². The van der Waals surface area contributed by atoms with Crippen LogP contribution in [0.3, 0.4) is 0 Å². The smallest absolute Gasteiger partial charge is 0.270 e. The summed E-state index contributed by atoms with van der Waals surface area (Å²) in [6.45, 7) is 1.85. The summed E-state index contributed by atoms with van der Waals surface area (Å²) in [4.78, 5) is 12.3. The van der Waals surface area contributed by atoms with E-state index in [9.17, 15) is 4.79 Å². The van der Waals surface area contributed by atoms with Gasteiger partial charge in [0.2, 0.25) is 0 Å². The maximum Gasteiger partial charge on any atom is 0.270 e. The number of nitrogens with two attached hydrogens (primary N) is 1. The summed E-state index contributed by atoms with van der Waals surface area (Å²) in [5.74, 6) is -0.545. The summed E-state index contributed by atoms with van der Waals surface area (Å²) in [6, 6.07) is 8.59. The average molecular weight is 245 g/mol. The number of nitrogens with zero attached hydrogens (tertiary/aromatic N) is 2. The van der Waals surface area contributed by atoms with Crippen molar-refractivity contribution in [2.75, 3.05) is 5.01 Å². The zero-order valence-electron chi connectivity index (χ0n) is 10.00. The number of hydrogen-bond donors (Lipinski definition) is 3. The monoisotopic (exact) mass is 245 g/mol. The molecule has 0 radical (unpaired) electrons. The molecule has 1 aliphatic rings. The first-order valence-corrected chi connectivity index (χ1v) is 5.63. The topological polar surface area (TPSA) is 94.6 Å². The molecule has 2 atom stereocenters. The summed E-state index contributed by atoms with van der Waals surface area (Å²) in [7, 11) is 0. The molecule has 1 aromatic rings. The number of benzene rings is 1. The van der Waals surface area contributed by atoms with Gasteiger partial charge >= 0.3 is 0 Å². The fourth-order valence-corrected chi connectivity index (χ4v) is 1.80. The molecular weight excluding hydrogens is 230 g/mol. The van der Waals surface area contributed by atoms with Gasteiger partial charge in [-0.1, -0.05) is 25.1 Å². The van der Waals surface area contributed by atoms with Gasteiger partial charge in [0.15, 0.2) is 5.96 Å². The molecule has 2 rings (SSSR count). The highest BCUT2D eigenvalue weighted by Gasteiger charge is 2.33. The molecule has 94 valence electrons. The highest BCUT2D eigenvalue weighted by Crippen LogP contribution is 2.20. The molecule has 0 aromatic heterocycles. The Morgan fingerprint density at radius 3 is 2.72 bits per heavy atom. The number of rotatable bonds is 2. The van der Waals surface area contributed by atoms with Crippen LogP contribution in [-0.2, 0) is 4.79 Å². The molecule has 6 nitrogen and oxygen atoms in total. The molecule has 0 spiro atoms. The SMILES string of the molecule is CC1C=NN(c2ccccc2)C(=O)C1NC(=N)N. The van der Waals surface area contributed by atoms with Gasteiger partial charge in [-0.15, -0.1) is 0 Å². The Bertz CT molecular complexity index is 485. The average Bonchev–Trinajstić information content (AvgIpc) is 2.35. The molecule has 0 aliphatic carbocycles. The number of carbonyl (C=O) groups excluding carboxylic acids is 1. The number of hydrazone groups is 1. The van der Waals surface area contributed by atoms with E-state index in [1.54, 1.807) is 18.3 Å². The van der Waals surface area contributed by atoms with Crippen LogP contribution in [0.4, 0.5) is 5.69 Å². The molecule has 0 bridgehead atoms. The van der Waals surface area contributed by atoms with E-state index in [0.717, 1.165) is 0 Å². The first-order valence-electron chi connectivity index (χ1n) is 5.63. The quantitative estimate of drug-likeness (QED) is 0.523. The van der Waals surface area contributed by atoms with E-state index in [2.05, 4.69) is 10.4 Å². The van der Waals surface area contributed by atoms with E-state index in [4.69, 9.17) is 11.1 Å². The van der Waals surface area contributed by atoms with E-state index < -0.39 is 6.04 Å². The standard InChI is InChI=1S/C12H15N5O/c1-8-7-15-17(9-5-3-2-4-6-9)11(18)10(8)16-12(13)14/h2-8,10H,1H3,(H4,13,14,16). The Labute approximate surface area is 105 Å². The molecule has 0 saturated carbocycles. The van der Waals surface area contributed by atoms with Gasteiger partial charge in [0, 0.05) is 12.1 Å². The lowest BCUT2D eigenvalue weighted by atomic mass is 10.0. The van der Waals surface area contributed by atoms with Gasteiger partial charge < -0.3 is 11.1 Å². The second-order valence-corrected chi connectivity index (χ2v) is 4.14. The summed E-state index contributed by atoms with van der Waals surface area (Å²) < 4.78 is 0. The highest BCUT2D eigenvalue weighted by molar-refractivity contribution is 6.03. The van der Waals surface area contributed by atoms with E-state index in [1.165, 1.54) is 5.01 Å². The van der Waals surface area contributed by atoms with Crippen LogP contribution in [0, 0.1) is 11.3 Å². The summed E-state index contributed by atoms with van der Waals surface area (Å²) in [6.07, 6.45) is 1.68. The molecule has 1 aromatic carbocycles. The van der Waals surface area contributed by atoms with Gasteiger partial charge in [0.1, 0.15) is 6.04 Å². The predicted octanol–water partition coefficient (Wildman–Crippen LogP) is 0.507. The number of guanidine groups is 1. The minimum Gasteiger partial charge on any atom is -0.370 e. The summed E-state index contributed by atoms with van der Waals surface area (Å²) in [5.41, 5.74) is 5.98. The van der Waals surface area contributed by atoms with Gasteiger partial charge in [-0.25, -0.2) is 0 Å². The normalized spacial score (nSPS) is 22.9. The molecule has 2 unspecified atom stereocenters. The molecule has 18 heavy (non-hydrogen) atoms. The van der Waals surface area contributed by atoms with Crippen molar-refractivity contribution in [2.24, 2.45) is 16.8 Å². The fraction of sp³-hybridized carbons (Fsp3) is 0.250. The Balaban J connectivity index is 2.27. The number of hydrogen-bond acceptors (Lipinski definition) is 3. The van der Waals surface area contributed by atoms with Gasteiger partial charge in [-0.3, -0.25) is 10.2 Å². The molecule has 0 saturated heterocycles. The van der Waals surface area contributed by atoms with E-state index >= 15 is 0 Å². The lowest BCUT2D eigenvalue weighted by molar-refractivity contribution is -0.121. The number of carbonyl (C=O) groups is 1. The molecule has 0 fully saturated rings. The maximum absolute atomic E-state index is 12.3. The van der Waals surface area contributed by atoms with Crippen molar-refractivity contribution >= 4 is 23.8 Å². The minimum absolute atomic E-state index is 0.110. The van der Waals surface area contributed by atoms with Crippen molar-refractivity contribution in [3.63, 3.8) is 0 Å². The maximum atomic E-state index is 12.3. The molecule has 6 heteroatoms. The summed E-state index contributed by atoms with van der Waals surface area (Å²) in [5, 5.41) is 15.3. The lowest BCUT2D eigenvalue weighted by Crippen LogP contribution is -2.55. The summed E-state index contributed by atoms with van der Waals surface area (Å²) >= 11 is 0. The van der Waals surface area contributed by atoms with Crippen LogP contribution in [0.15, 0.2) is 35.4 Å². The third kappa shape index (κ3) is 2.32. The molecule has 1 heterocycles. The highest BCUT2D eigenvalue weighted by atomic mass is 16.2. The Kier molecular flexibility index (Phi) is 3.27. The van der Waals surface area contributed by atoms with Crippen LogP contribution in [0.5, 0.6) is 0 Å². The Morgan fingerprint density at radius 2 is 2.11 bits per heavy atom. The van der Waals surface area contributed by atoms with E-state index in [1.807, 2.05) is 25.1 Å². The van der Waals surface area contributed by atoms with Crippen LogP contribution >= 0.6 is 0 Å². The van der Waals surface area contributed by atoms with Crippen molar-refractivity contribution < 1.29 is 4.79 Å². The zero-order valence-corrected chi connectivity index (χ0v) is 10.00. The van der Waals surface area contributed by atoms with Crippen molar-refractivity contribution in [3.05, 3.63) is 30.3 Å². The molecule has 1 amide bonds. The number of amides is 1. The first kappa shape index (κ1) is 12.1. The van der Waals surface area contributed by atoms with Crippen LogP contribution in [0.1, 0.15) is 6.92 Å². The predicted molar refractivity (Wildman–Crippen MR) is 70.4 cm³/mol. The third-order valence-corrected chi connectivity index (χ3v) is 2.73. The van der Waals surface area contributed by atoms with Crippen molar-refractivity contribution in [3.8, 4) is 0 Å². The molecular formula is C12H15N5O. The second-order valence-electron chi connectivity index (χ2n) is 4.14. The van der Waals surface area contributed by atoms with Crippen molar-refractivity contribution in [1.82, 2.24) is 5.32 Å². The third-order valence-electron chi connectivity index (χ3n) is 2.73. The van der Waals surface area contributed by atoms with Crippen LogP contribution in [0.2, 0.25) is 0 Å². The van der Waals surface area contributed by atoms with Crippen LogP contribution in [0.25, 0.3) is 0 Å². The van der Waals surface area contributed by atoms with Gasteiger partial charge in [-0.2, -0.15) is 10.1 Å². The minimum atomic E-state index is -0.555. The van der Waals surface area contributed by atoms with E-state index in [0.29, 0.717) is 5.69 Å². The van der Waals surface area contributed by atoms with Crippen LogP contribution < -0.4 is 16.1 Å². The largest absolute Gasteiger partial charge is 0.370 e. The lowest BCUT2D eigenvalue weighted by Gasteiger charge is -2.30. The van der Waals surface area contributed by atoms with Gasteiger partial charge in [-0.05, 0) is 12.1 Å². The van der Waals surface area contributed by atoms with Crippen LogP contribution in [-0.4, -0.2) is 24.1 Å². The number of nitrogens with one attached hydrogen (secondary N) is 2.